The Bertz CT molecular complexity index is 645. The lowest BCUT2D eigenvalue weighted by Gasteiger charge is -2.46. The lowest BCUT2D eigenvalue weighted by atomic mass is 9.88. The number of aromatic nitrogens is 2. The van der Waals surface area contributed by atoms with Crippen molar-refractivity contribution in [3.05, 3.63) is 36.2 Å². The van der Waals surface area contributed by atoms with Gasteiger partial charge in [-0.1, -0.05) is 19.4 Å². The molecule has 1 fully saturated rings. The standard InChI is InChI=1S/C15H17N3O2/c1-2-6-15(20)9-18(10-15)14(19)11-4-3-5-12-13(11)17-8-7-16-12/h3-5,7-8,20H,2,6,9-10H2,1H3. The van der Waals surface area contributed by atoms with Crippen LogP contribution in [-0.2, 0) is 0 Å². The number of carbonyl (C=O) groups is 1. The van der Waals surface area contributed by atoms with Gasteiger partial charge in [-0.15, -0.1) is 0 Å². The van der Waals surface area contributed by atoms with Crippen LogP contribution in [0.1, 0.15) is 30.1 Å². The highest BCUT2D eigenvalue weighted by molar-refractivity contribution is 6.05. The Kier molecular flexibility index (Phi) is 3.14. The van der Waals surface area contributed by atoms with Crippen molar-refractivity contribution in [2.75, 3.05) is 13.1 Å². The minimum Gasteiger partial charge on any atom is -0.386 e. The Morgan fingerprint density at radius 3 is 2.85 bits per heavy atom. The second-order valence-corrected chi connectivity index (χ2v) is 5.37. The van der Waals surface area contributed by atoms with Crippen molar-refractivity contribution in [3.63, 3.8) is 0 Å². The van der Waals surface area contributed by atoms with Crippen molar-refractivity contribution in [1.29, 1.82) is 0 Å². The van der Waals surface area contributed by atoms with Crippen LogP contribution in [-0.4, -0.2) is 44.6 Å². The van der Waals surface area contributed by atoms with E-state index in [2.05, 4.69) is 9.97 Å². The van der Waals surface area contributed by atoms with Crippen LogP contribution in [0.3, 0.4) is 0 Å². The second-order valence-electron chi connectivity index (χ2n) is 5.37. The SMILES string of the molecule is CCCC1(O)CN(C(=O)c2cccc3nccnc23)C1. The minimum atomic E-state index is -0.708. The zero-order chi connectivity index (χ0) is 14.2. The molecule has 1 amide bonds. The topological polar surface area (TPSA) is 66.3 Å². The molecule has 0 bridgehead atoms. The minimum absolute atomic E-state index is 0.0862. The van der Waals surface area contributed by atoms with E-state index in [0.717, 1.165) is 12.8 Å². The number of hydrogen-bond acceptors (Lipinski definition) is 4. The summed E-state index contributed by atoms with van der Waals surface area (Å²) in [6.07, 6.45) is 4.84. The highest BCUT2D eigenvalue weighted by Gasteiger charge is 2.43. The molecule has 3 rings (SSSR count). The van der Waals surface area contributed by atoms with Gasteiger partial charge in [-0.3, -0.25) is 14.8 Å². The summed E-state index contributed by atoms with van der Waals surface area (Å²) < 4.78 is 0. The number of nitrogens with zero attached hydrogens (tertiary/aromatic N) is 3. The molecule has 1 aromatic carbocycles. The van der Waals surface area contributed by atoms with Crippen LogP contribution < -0.4 is 0 Å². The van der Waals surface area contributed by atoms with E-state index in [1.807, 2.05) is 19.1 Å². The van der Waals surface area contributed by atoms with Crippen molar-refractivity contribution < 1.29 is 9.90 Å². The summed E-state index contributed by atoms with van der Waals surface area (Å²) in [7, 11) is 0. The van der Waals surface area contributed by atoms with E-state index in [4.69, 9.17) is 0 Å². The van der Waals surface area contributed by atoms with E-state index < -0.39 is 5.60 Å². The summed E-state index contributed by atoms with van der Waals surface area (Å²) in [5.41, 5.74) is 1.17. The summed E-state index contributed by atoms with van der Waals surface area (Å²) in [6, 6.07) is 5.40. The molecule has 5 nitrogen and oxygen atoms in total. The first-order valence-electron chi connectivity index (χ1n) is 6.84. The zero-order valence-corrected chi connectivity index (χ0v) is 11.4. The van der Waals surface area contributed by atoms with Crippen molar-refractivity contribution in [3.8, 4) is 0 Å². The molecule has 2 aromatic rings. The lowest BCUT2D eigenvalue weighted by molar-refractivity contribution is -0.0859. The Balaban J connectivity index is 1.84. The van der Waals surface area contributed by atoms with Gasteiger partial charge in [-0.2, -0.15) is 0 Å². The van der Waals surface area contributed by atoms with E-state index in [9.17, 15) is 9.90 Å². The van der Waals surface area contributed by atoms with Gasteiger partial charge < -0.3 is 10.0 Å². The van der Waals surface area contributed by atoms with E-state index in [-0.39, 0.29) is 5.91 Å². The van der Waals surface area contributed by atoms with Crippen molar-refractivity contribution in [1.82, 2.24) is 14.9 Å². The molecule has 1 N–H and O–H groups in total. The second kappa shape index (κ2) is 4.83. The molecule has 0 spiro atoms. The third kappa shape index (κ3) is 2.14. The lowest BCUT2D eigenvalue weighted by Crippen LogP contribution is -2.63. The smallest absolute Gasteiger partial charge is 0.256 e. The molecular formula is C15H17N3O2. The van der Waals surface area contributed by atoms with Gasteiger partial charge in [0.05, 0.1) is 29.8 Å². The Labute approximate surface area is 117 Å². The number of aliphatic hydroxyl groups is 1. The number of para-hydroxylation sites is 1. The van der Waals surface area contributed by atoms with Gasteiger partial charge in [0.15, 0.2) is 0 Å². The van der Waals surface area contributed by atoms with E-state index in [1.54, 1.807) is 23.4 Å². The zero-order valence-electron chi connectivity index (χ0n) is 11.4. The van der Waals surface area contributed by atoms with Gasteiger partial charge in [-0.25, -0.2) is 0 Å². The number of amides is 1. The summed E-state index contributed by atoms with van der Waals surface area (Å²) in [5, 5.41) is 10.2. The van der Waals surface area contributed by atoms with Crippen LogP contribution >= 0.6 is 0 Å². The van der Waals surface area contributed by atoms with Crippen LogP contribution in [0.4, 0.5) is 0 Å². The van der Waals surface area contributed by atoms with E-state index in [0.29, 0.717) is 29.7 Å². The van der Waals surface area contributed by atoms with Gasteiger partial charge in [0.2, 0.25) is 0 Å². The monoisotopic (exact) mass is 271 g/mol. The van der Waals surface area contributed by atoms with Gasteiger partial charge in [0.1, 0.15) is 5.52 Å². The number of hydrogen-bond donors (Lipinski definition) is 1. The molecule has 0 aliphatic carbocycles. The summed E-state index contributed by atoms with van der Waals surface area (Å²) in [6.45, 7) is 2.83. The molecule has 104 valence electrons. The largest absolute Gasteiger partial charge is 0.386 e. The molecule has 0 atom stereocenters. The van der Waals surface area contributed by atoms with Gasteiger partial charge in [0, 0.05) is 12.4 Å². The molecule has 1 aliphatic rings. The number of fused-ring (bicyclic) bond motifs is 1. The molecular weight excluding hydrogens is 254 g/mol. The molecule has 0 radical (unpaired) electrons. The maximum atomic E-state index is 12.5. The fourth-order valence-electron chi connectivity index (χ4n) is 2.77. The molecule has 20 heavy (non-hydrogen) atoms. The van der Waals surface area contributed by atoms with Crippen LogP contribution in [0, 0.1) is 0 Å². The van der Waals surface area contributed by atoms with Crippen LogP contribution in [0.2, 0.25) is 0 Å². The predicted molar refractivity (Wildman–Crippen MR) is 75.3 cm³/mol. The quantitative estimate of drug-likeness (QED) is 0.921. The predicted octanol–water partition coefficient (Wildman–Crippen LogP) is 1.62. The molecule has 1 aromatic heterocycles. The number of β-amino-alcohol motifs (C(OH)–C–C–N with tert-alkyl or cyclic N) is 1. The van der Waals surface area contributed by atoms with Gasteiger partial charge in [-0.05, 0) is 18.6 Å². The Morgan fingerprint density at radius 1 is 1.35 bits per heavy atom. The molecule has 1 aliphatic heterocycles. The molecule has 5 heteroatoms. The Hall–Kier alpha value is -2.01. The van der Waals surface area contributed by atoms with Crippen molar-refractivity contribution in [2.24, 2.45) is 0 Å². The third-order valence-electron chi connectivity index (χ3n) is 3.70. The third-order valence-corrected chi connectivity index (χ3v) is 3.70. The summed E-state index contributed by atoms with van der Waals surface area (Å²) in [5.74, 6) is -0.0862. The Morgan fingerprint density at radius 2 is 2.10 bits per heavy atom. The molecule has 0 saturated carbocycles. The average Bonchev–Trinajstić information content (AvgIpc) is 2.43. The first-order valence-corrected chi connectivity index (χ1v) is 6.84. The fraction of sp³-hybridized carbons (Fsp3) is 0.400. The fourth-order valence-corrected chi connectivity index (χ4v) is 2.77. The summed E-state index contributed by atoms with van der Waals surface area (Å²) >= 11 is 0. The van der Waals surface area contributed by atoms with Crippen molar-refractivity contribution in [2.45, 2.75) is 25.4 Å². The number of carbonyl (C=O) groups excluding carboxylic acids is 1. The van der Waals surface area contributed by atoms with Gasteiger partial charge in [0.25, 0.3) is 5.91 Å². The highest BCUT2D eigenvalue weighted by atomic mass is 16.3. The van der Waals surface area contributed by atoms with Crippen LogP contribution in [0.25, 0.3) is 11.0 Å². The number of likely N-dealkylation sites (tertiary alicyclic amines) is 1. The van der Waals surface area contributed by atoms with E-state index in [1.165, 1.54) is 0 Å². The first kappa shape index (κ1) is 13.0. The molecule has 2 heterocycles. The maximum Gasteiger partial charge on any atom is 0.256 e. The molecule has 0 unspecified atom stereocenters. The maximum absolute atomic E-state index is 12.5. The molecule has 1 saturated heterocycles. The number of benzene rings is 1. The van der Waals surface area contributed by atoms with Crippen LogP contribution in [0.5, 0.6) is 0 Å². The van der Waals surface area contributed by atoms with E-state index >= 15 is 0 Å². The average molecular weight is 271 g/mol. The number of rotatable bonds is 3. The summed E-state index contributed by atoms with van der Waals surface area (Å²) in [4.78, 5) is 22.6. The van der Waals surface area contributed by atoms with Gasteiger partial charge >= 0.3 is 0 Å². The van der Waals surface area contributed by atoms with Crippen molar-refractivity contribution >= 4 is 16.9 Å². The first-order chi connectivity index (χ1) is 9.63. The van der Waals surface area contributed by atoms with Crippen LogP contribution in [0.15, 0.2) is 30.6 Å². The normalized spacial score (nSPS) is 17.0. The highest BCUT2D eigenvalue weighted by Crippen LogP contribution is 2.28.